The first-order valence-corrected chi connectivity index (χ1v) is 10.9. The molecule has 2 aliphatic rings. The molecule has 0 radical (unpaired) electrons. The Balaban J connectivity index is 1.27. The monoisotopic (exact) mass is 421 g/mol. The van der Waals surface area contributed by atoms with Gasteiger partial charge in [-0.25, -0.2) is 0 Å². The van der Waals surface area contributed by atoms with Crippen LogP contribution in [0.25, 0.3) is 22.1 Å². The highest BCUT2D eigenvalue weighted by atomic mass is 16.5. The molecule has 162 valence electrons. The van der Waals surface area contributed by atoms with E-state index in [4.69, 9.17) is 13.9 Å². The van der Waals surface area contributed by atoms with Crippen molar-refractivity contribution in [1.29, 1.82) is 0 Å². The van der Waals surface area contributed by atoms with Gasteiger partial charge < -0.3 is 18.8 Å². The second-order valence-electron chi connectivity index (χ2n) is 8.01. The molecule has 0 N–H and O–H groups in total. The second-order valence-corrected chi connectivity index (χ2v) is 8.01. The Bertz CT molecular complexity index is 1030. The standard InChI is InChI=1S/C24H27N3O4/c28-24(27-9-13-30-14-10-27)22-3-1-19(17-25-22)18-2-4-23-20(15-18)16-21(31-23)5-6-26-7-11-29-12-8-26/h1-4,15-17H,5-14H2. The lowest BCUT2D eigenvalue weighted by Gasteiger charge is -2.26. The summed E-state index contributed by atoms with van der Waals surface area (Å²) in [5.41, 5.74) is 3.41. The van der Waals surface area contributed by atoms with E-state index in [1.807, 2.05) is 18.2 Å². The van der Waals surface area contributed by atoms with Gasteiger partial charge in [-0.15, -0.1) is 0 Å². The highest BCUT2D eigenvalue weighted by Gasteiger charge is 2.19. The summed E-state index contributed by atoms with van der Waals surface area (Å²) < 4.78 is 16.8. The molecule has 0 unspecified atom stereocenters. The van der Waals surface area contributed by atoms with Crippen molar-refractivity contribution < 1.29 is 18.7 Å². The zero-order valence-corrected chi connectivity index (χ0v) is 17.6. The average Bonchev–Trinajstić information content (AvgIpc) is 3.26. The molecule has 2 fully saturated rings. The van der Waals surface area contributed by atoms with E-state index >= 15 is 0 Å². The number of hydrogen-bond acceptors (Lipinski definition) is 6. The van der Waals surface area contributed by atoms with Gasteiger partial charge in [0, 0.05) is 56.3 Å². The molecule has 2 aromatic heterocycles. The van der Waals surface area contributed by atoms with Gasteiger partial charge in [-0.1, -0.05) is 12.1 Å². The highest BCUT2D eigenvalue weighted by molar-refractivity contribution is 5.93. The molecule has 1 aromatic carbocycles. The van der Waals surface area contributed by atoms with Gasteiger partial charge in [0.25, 0.3) is 5.91 Å². The van der Waals surface area contributed by atoms with Crippen LogP contribution < -0.4 is 0 Å². The lowest BCUT2D eigenvalue weighted by atomic mass is 10.1. The summed E-state index contributed by atoms with van der Waals surface area (Å²) in [4.78, 5) is 21.2. The van der Waals surface area contributed by atoms with Crippen LogP contribution >= 0.6 is 0 Å². The summed E-state index contributed by atoms with van der Waals surface area (Å²) in [6.07, 6.45) is 2.66. The molecule has 0 saturated carbocycles. The number of carbonyl (C=O) groups is 1. The molecule has 2 saturated heterocycles. The van der Waals surface area contributed by atoms with Gasteiger partial charge >= 0.3 is 0 Å². The van der Waals surface area contributed by atoms with Crippen molar-refractivity contribution in [3.05, 3.63) is 54.0 Å². The minimum atomic E-state index is -0.0370. The molecule has 0 aliphatic carbocycles. The zero-order valence-electron chi connectivity index (χ0n) is 17.6. The van der Waals surface area contributed by atoms with Gasteiger partial charge in [0.05, 0.1) is 26.4 Å². The summed E-state index contributed by atoms with van der Waals surface area (Å²) in [5, 5.41) is 1.09. The van der Waals surface area contributed by atoms with E-state index in [0.717, 1.165) is 67.1 Å². The number of nitrogens with zero attached hydrogens (tertiary/aromatic N) is 3. The Morgan fingerprint density at radius 1 is 0.903 bits per heavy atom. The molecule has 1 amide bonds. The van der Waals surface area contributed by atoms with Crippen LogP contribution in [-0.2, 0) is 15.9 Å². The number of aromatic nitrogens is 1. The van der Waals surface area contributed by atoms with Crippen LogP contribution in [0.4, 0.5) is 0 Å². The molecule has 5 rings (SSSR count). The number of rotatable bonds is 5. The van der Waals surface area contributed by atoms with Crippen LogP contribution in [0.2, 0.25) is 0 Å². The second kappa shape index (κ2) is 9.18. The molecular weight excluding hydrogens is 394 g/mol. The molecule has 0 bridgehead atoms. The largest absolute Gasteiger partial charge is 0.461 e. The van der Waals surface area contributed by atoms with E-state index in [-0.39, 0.29) is 5.91 Å². The van der Waals surface area contributed by atoms with Crippen LogP contribution in [0, 0.1) is 0 Å². The summed E-state index contributed by atoms with van der Waals surface area (Å²) in [7, 11) is 0. The van der Waals surface area contributed by atoms with Gasteiger partial charge in [-0.05, 0) is 29.8 Å². The number of morpholine rings is 2. The van der Waals surface area contributed by atoms with Gasteiger partial charge in [0.1, 0.15) is 17.0 Å². The fourth-order valence-corrected chi connectivity index (χ4v) is 4.11. The van der Waals surface area contributed by atoms with Crippen LogP contribution in [0.5, 0.6) is 0 Å². The van der Waals surface area contributed by atoms with E-state index in [1.54, 1.807) is 17.2 Å². The lowest BCUT2D eigenvalue weighted by molar-refractivity contribution is 0.0299. The molecule has 0 atom stereocenters. The molecule has 7 nitrogen and oxygen atoms in total. The van der Waals surface area contributed by atoms with E-state index < -0.39 is 0 Å². The number of carbonyl (C=O) groups excluding carboxylic acids is 1. The third kappa shape index (κ3) is 4.63. The molecule has 4 heterocycles. The Morgan fingerprint density at radius 2 is 1.65 bits per heavy atom. The quantitative estimate of drug-likeness (QED) is 0.631. The minimum absolute atomic E-state index is 0.0370. The van der Waals surface area contributed by atoms with Crippen LogP contribution in [0.3, 0.4) is 0 Å². The zero-order chi connectivity index (χ0) is 21.0. The topological polar surface area (TPSA) is 68.0 Å². The van der Waals surface area contributed by atoms with Crippen LogP contribution in [-0.4, -0.2) is 79.8 Å². The number of fused-ring (bicyclic) bond motifs is 1. The predicted molar refractivity (Wildman–Crippen MR) is 117 cm³/mol. The van der Waals surface area contributed by atoms with Crippen molar-refractivity contribution >= 4 is 16.9 Å². The predicted octanol–water partition coefficient (Wildman–Crippen LogP) is 2.84. The molecule has 0 spiro atoms. The third-order valence-corrected chi connectivity index (χ3v) is 5.96. The molecule has 7 heteroatoms. The molecule has 3 aromatic rings. The molecule has 31 heavy (non-hydrogen) atoms. The fourth-order valence-electron chi connectivity index (χ4n) is 4.11. The van der Waals surface area contributed by atoms with E-state index in [1.165, 1.54) is 0 Å². The van der Waals surface area contributed by atoms with E-state index in [2.05, 4.69) is 22.0 Å². The molecule has 2 aliphatic heterocycles. The van der Waals surface area contributed by atoms with Crippen molar-refractivity contribution in [3.63, 3.8) is 0 Å². The van der Waals surface area contributed by atoms with Crippen molar-refractivity contribution in [3.8, 4) is 11.1 Å². The lowest BCUT2D eigenvalue weighted by Crippen LogP contribution is -2.41. The smallest absolute Gasteiger partial charge is 0.272 e. The maximum absolute atomic E-state index is 12.6. The SMILES string of the molecule is O=C(c1ccc(-c2ccc3oc(CCN4CCOCC4)cc3c2)cn1)N1CCOCC1. The van der Waals surface area contributed by atoms with E-state index in [9.17, 15) is 4.79 Å². The first-order chi connectivity index (χ1) is 15.3. The van der Waals surface area contributed by atoms with Crippen molar-refractivity contribution in [2.24, 2.45) is 0 Å². The summed E-state index contributed by atoms with van der Waals surface area (Å²) in [6.45, 7) is 7.00. The normalized spacial score (nSPS) is 17.9. The third-order valence-electron chi connectivity index (χ3n) is 5.96. The van der Waals surface area contributed by atoms with Gasteiger partial charge in [-0.2, -0.15) is 0 Å². The Morgan fingerprint density at radius 3 is 2.39 bits per heavy atom. The van der Waals surface area contributed by atoms with E-state index in [0.29, 0.717) is 32.0 Å². The van der Waals surface area contributed by atoms with Crippen LogP contribution in [0.1, 0.15) is 16.2 Å². The first-order valence-electron chi connectivity index (χ1n) is 10.9. The van der Waals surface area contributed by atoms with Crippen molar-refractivity contribution in [2.45, 2.75) is 6.42 Å². The maximum Gasteiger partial charge on any atom is 0.272 e. The van der Waals surface area contributed by atoms with Crippen molar-refractivity contribution in [2.75, 3.05) is 59.2 Å². The highest BCUT2D eigenvalue weighted by Crippen LogP contribution is 2.27. The number of benzene rings is 1. The van der Waals surface area contributed by atoms with Crippen LogP contribution in [0.15, 0.2) is 47.0 Å². The van der Waals surface area contributed by atoms with Gasteiger partial charge in [0.15, 0.2) is 0 Å². The first kappa shape index (κ1) is 20.2. The van der Waals surface area contributed by atoms with Gasteiger partial charge in [0.2, 0.25) is 0 Å². The number of pyridine rings is 1. The maximum atomic E-state index is 12.6. The average molecular weight is 421 g/mol. The Hall–Kier alpha value is -2.74. The summed E-state index contributed by atoms with van der Waals surface area (Å²) in [6, 6.07) is 12.1. The summed E-state index contributed by atoms with van der Waals surface area (Å²) in [5.74, 6) is 0.966. The number of amides is 1. The molecular formula is C24H27N3O4. The number of furan rings is 1. The Labute approximate surface area is 181 Å². The van der Waals surface area contributed by atoms with Crippen molar-refractivity contribution in [1.82, 2.24) is 14.8 Å². The fraction of sp³-hybridized carbons (Fsp3) is 0.417. The number of hydrogen-bond donors (Lipinski definition) is 0. The summed E-state index contributed by atoms with van der Waals surface area (Å²) >= 11 is 0. The Kier molecular flexibility index (Phi) is 5.97. The van der Waals surface area contributed by atoms with Gasteiger partial charge in [-0.3, -0.25) is 14.7 Å². The number of ether oxygens (including phenoxy) is 2. The minimum Gasteiger partial charge on any atom is -0.461 e.